The lowest BCUT2D eigenvalue weighted by Gasteiger charge is -2.21. The molecule has 0 saturated heterocycles. The first-order valence-electron chi connectivity index (χ1n) is 6.66. The molecular formula is C16H11NO5. The lowest BCUT2D eigenvalue weighted by Crippen LogP contribution is -2.34. The number of carbonyl (C=O) groups is 3. The summed E-state index contributed by atoms with van der Waals surface area (Å²) in [5.41, 5.74) is -1.47. The zero-order valence-electron chi connectivity index (χ0n) is 11.6. The van der Waals surface area contributed by atoms with E-state index in [1.54, 1.807) is 19.1 Å². The number of fused-ring (bicyclic) bond motifs is 2. The van der Waals surface area contributed by atoms with Crippen LogP contribution in [0.3, 0.4) is 0 Å². The zero-order chi connectivity index (χ0) is 16.0. The molecule has 0 saturated carbocycles. The van der Waals surface area contributed by atoms with Crippen LogP contribution in [0.25, 0.3) is 0 Å². The van der Waals surface area contributed by atoms with Gasteiger partial charge in [0, 0.05) is 23.9 Å². The van der Waals surface area contributed by atoms with Crippen molar-refractivity contribution >= 4 is 17.5 Å². The van der Waals surface area contributed by atoms with Crippen LogP contribution < -0.4 is 5.43 Å². The van der Waals surface area contributed by atoms with Crippen molar-refractivity contribution in [1.29, 1.82) is 0 Å². The molecule has 0 amide bonds. The van der Waals surface area contributed by atoms with E-state index in [1.807, 2.05) is 0 Å². The Balaban J connectivity index is 2.44. The molecule has 1 aliphatic carbocycles. The fourth-order valence-corrected chi connectivity index (χ4v) is 2.66. The summed E-state index contributed by atoms with van der Waals surface area (Å²) in [5.74, 6) is -2.48. The van der Waals surface area contributed by atoms with Crippen LogP contribution in [0.4, 0.5) is 0 Å². The summed E-state index contributed by atoms with van der Waals surface area (Å²) in [6, 6.07) is 6.21. The Morgan fingerprint density at radius 2 is 1.68 bits per heavy atom. The molecular weight excluding hydrogens is 286 g/mol. The lowest BCUT2D eigenvalue weighted by molar-refractivity contribution is 0.0693. The van der Waals surface area contributed by atoms with Gasteiger partial charge in [-0.25, -0.2) is 4.79 Å². The Hall–Kier alpha value is -3.02. The average Bonchev–Trinajstić information content (AvgIpc) is 2.52. The number of aromatic carboxylic acids is 1. The Bertz CT molecular complexity index is 907. The average molecular weight is 297 g/mol. The van der Waals surface area contributed by atoms with Crippen LogP contribution in [0, 0.1) is 0 Å². The minimum Gasteiger partial charge on any atom is -0.477 e. The standard InChI is InChI=1S/C16H11NO5/c1-2-17-7-10(16(21)22)14(19)11-12(17)15(20)9-6-4-3-5-8(9)13(11)18/h3-7H,2H2,1H3,(H,21,22). The van der Waals surface area contributed by atoms with Gasteiger partial charge in [0.2, 0.25) is 11.2 Å². The number of rotatable bonds is 2. The molecule has 0 radical (unpaired) electrons. The number of nitrogens with zero attached hydrogens (tertiary/aromatic N) is 1. The minimum absolute atomic E-state index is 0.0406. The van der Waals surface area contributed by atoms with Crippen LogP contribution in [0.1, 0.15) is 49.3 Å². The highest BCUT2D eigenvalue weighted by atomic mass is 16.4. The van der Waals surface area contributed by atoms with E-state index in [2.05, 4.69) is 0 Å². The van der Waals surface area contributed by atoms with Crippen molar-refractivity contribution in [3.63, 3.8) is 0 Å². The summed E-state index contributed by atoms with van der Waals surface area (Å²) in [7, 11) is 0. The first-order chi connectivity index (χ1) is 10.5. The molecule has 1 N–H and O–H groups in total. The van der Waals surface area contributed by atoms with Crippen molar-refractivity contribution in [3.05, 3.63) is 68.6 Å². The summed E-state index contributed by atoms with van der Waals surface area (Å²) in [5, 5.41) is 9.13. The van der Waals surface area contributed by atoms with Crippen LogP contribution in [-0.2, 0) is 6.54 Å². The normalized spacial score (nSPS) is 12.8. The van der Waals surface area contributed by atoms with Crippen molar-refractivity contribution in [2.45, 2.75) is 13.5 Å². The van der Waals surface area contributed by atoms with Crippen molar-refractivity contribution in [2.24, 2.45) is 0 Å². The van der Waals surface area contributed by atoms with Gasteiger partial charge in [-0.1, -0.05) is 24.3 Å². The van der Waals surface area contributed by atoms with Gasteiger partial charge in [0.15, 0.2) is 5.78 Å². The molecule has 22 heavy (non-hydrogen) atoms. The molecule has 2 aromatic rings. The van der Waals surface area contributed by atoms with Gasteiger partial charge in [-0.3, -0.25) is 14.4 Å². The molecule has 6 heteroatoms. The highest BCUT2D eigenvalue weighted by Gasteiger charge is 2.35. The van der Waals surface area contributed by atoms with E-state index in [0.29, 0.717) is 0 Å². The number of hydrogen-bond acceptors (Lipinski definition) is 4. The molecule has 110 valence electrons. The molecule has 1 aromatic carbocycles. The summed E-state index contributed by atoms with van der Waals surface area (Å²) in [6.45, 7) is 1.97. The lowest BCUT2D eigenvalue weighted by atomic mass is 9.86. The van der Waals surface area contributed by atoms with E-state index in [4.69, 9.17) is 5.11 Å². The number of ketones is 2. The van der Waals surface area contributed by atoms with Gasteiger partial charge in [0.25, 0.3) is 0 Å². The van der Waals surface area contributed by atoms with E-state index in [-0.39, 0.29) is 28.9 Å². The second-order valence-electron chi connectivity index (χ2n) is 4.89. The number of carboxylic acid groups (broad SMARTS) is 1. The molecule has 1 heterocycles. The SMILES string of the molecule is CCn1cc(C(=O)O)c(=O)c2c1C(=O)c1ccccc1C2=O. The quantitative estimate of drug-likeness (QED) is 0.770. The number of carboxylic acids is 1. The fourth-order valence-electron chi connectivity index (χ4n) is 2.66. The maximum Gasteiger partial charge on any atom is 0.341 e. The maximum atomic E-state index is 12.6. The van der Waals surface area contributed by atoms with E-state index >= 15 is 0 Å². The number of benzene rings is 1. The predicted octanol–water partition coefficient (Wildman–Crippen LogP) is 1.34. The van der Waals surface area contributed by atoms with Gasteiger partial charge < -0.3 is 9.67 Å². The Labute approximate surface area is 124 Å². The molecule has 0 spiro atoms. The molecule has 6 nitrogen and oxygen atoms in total. The fraction of sp³-hybridized carbons (Fsp3) is 0.125. The summed E-state index contributed by atoms with van der Waals surface area (Å²) < 4.78 is 1.34. The van der Waals surface area contributed by atoms with Crippen LogP contribution in [0.2, 0.25) is 0 Å². The molecule has 0 aliphatic heterocycles. The summed E-state index contributed by atoms with van der Waals surface area (Å²) in [6.07, 6.45) is 1.11. The van der Waals surface area contributed by atoms with E-state index in [1.165, 1.54) is 16.7 Å². The maximum absolute atomic E-state index is 12.6. The first-order valence-corrected chi connectivity index (χ1v) is 6.66. The van der Waals surface area contributed by atoms with Crippen LogP contribution in [-0.4, -0.2) is 27.2 Å². The topological polar surface area (TPSA) is 93.4 Å². The number of hydrogen-bond donors (Lipinski definition) is 1. The zero-order valence-corrected chi connectivity index (χ0v) is 11.6. The molecule has 3 rings (SSSR count). The van der Waals surface area contributed by atoms with E-state index < -0.39 is 28.5 Å². The molecule has 1 aromatic heterocycles. The largest absolute Gasteiger partial charge is 0.477 e. The third-order valence-electron chi connectivity index (χ3n) is 3.71. The minimum atomic E-state index is -1.42. The predicted molar refractivity (Wildman–Crippen MR) is 76.6 cm³/mol. The monoisotopic (exact) mass is 297 g/mol. The second kappa shape index (κ2) is 4.77. The molecule has 0 unspecified atom stereocenters. The van der Waals surface area contributed by atoms with Gasteiger partial charge >= 0.3 is 5.97 Å². The van der Waals surface area contributed by atoms with E-state index in [9.17, 15) is 19.2 Å². The van der Waals surface area contributed by atoms with Crippen molar-refractivity contribution < 1.29 is 19.5 Å². The Morgan fingerprint density at radius 3 is 2.23 bits per heavy atom. The Kier molecular flexibility index (Phi) is 3.02. The van der Waals surface area contributed by atoms with Gasteiger partial charge in [0.05, 0.1) is 5.56 Å². The molecule has 0 atom stereocenters. The van der Waals surface area contributed by atoms with Gasteiger partial charge in [-0.05, 0) is 6.92 Å². The van der Waals surface area contributed by atoms with Crippen LogP contribution >= 0.6 is 0 Å². The van der Waals surface area contributed by atoms with Crippen LogP contribution in [0.15, 0.2) is 35.3 Å². The summed E-state index contributed by atoms with van der Waals surface area (Å²) >= 11 is 0. The number of pyridine rings is 1. The smallest absolute Gasteiger partial charge is 0.341 e. The van der Waals surface area contributed by atoms with Gasteiger partial charge in [0.1, 0.15) is 11.3 Å². The number of carbonyl (C=O) groups excluding carboxylic acids is 2. The van der Waals surface area contributed by atoms with Crippen LogP contribution in [0.5, 0.6) is 0 Å². The molecule has 1 aliphatic rings. The van der Waals surface area contributed by atoms with Crippen molar-refractivity contribution in [1.82, 2.24) is 4.57 Å². The van der Waals surface area contributed by atoms with Gasteiger partial charge in [-0.2, -0.15) is 0 Å². The number of aryl methyl sites for hydroxylation is 1. The first kappa shape index (κ1) is 13.9. The number of aromatic nitrogens is 1. The third kappa shape index (κ3) is 1.74. The second-order valence-corrected chi connectivity index (χ2v) is 4.89. The van der Waals surface area contributed by atoms with Crippen molar-refractivity contribution in [2.75, 3.05) is 0 Å². The van der Waals surface area contributed by atoms with E-state index in [0.717, 1.165) is 6.20 Å². The van der Waals surface area contributed by atoms with Crippen molar-refractivity contribution in [3.8, 4) is 0 Å². The molecule has 0 fully saturated rings. The molecule has 0 bridgehead atoms. The van der Waals surface area contributed by atoms with Gasteiger partial charge in [-0.15, -0.1) is 0 Å². The third-order valence-corrected chi connectivity index (χ3v) is 3.71. The highest BCUT2D eigenvalue weighted by Crippen LogP contribution is 2.25. The summed E-state index contributed by atoms with van der Waals surface area (Å²) in [4.78, 5) is 48.7. The highest BCUT2D eigenvalue weighted by molar-refractivity contribution is 6.28. The Morgan fingerprint density at radius 1 is 1.09 bits per heavy atom.